The number of nitrogens with one attached hydrogen (secondary N) is 1. The molecule has 0 radical (unpaired) electrons. The maximum Gasteiger partial charge on any atom is 0.220 e. The van der Waals surface area contributed by atoms with Gasteiger partial charge in [-0.2, -0.15) is 0 Å². The fraction of sp³-hybridized carbons (Fsp3) is 0.647. The van der Waals surface area contributed by atoms with Crippen LogP contribution in [0.2, 0.25) is 0 Å². The third kappa shape index (κ3) is 5.37. The summed E-state index contributed by atoms with van der Waals surface area (Å²) < 4.78 is 5.90. The number of amides is 1. The van der Waals surface area contributed by atoms with Crippen LogP contribution in [0.15, 0.2) is 18.3 Å². The minimum Gasteiger partial charge on any atom is -0.474 e. The monoisotopic (exact) mass is 290 g/mol. The Labute approximate surface area is 127 Å². The molecule has 2 rings (SSSR count). The van der Waals surface area contributed by atoms with Gasteiger partial charge in [-0.15, -0.1) is 0 Å². The van der Waals surface area contributed by atoms with Crippen LogP contribution in [-0.2, 0) is 4.79 Å². The van der Waals surface area contributed by atoms with Gasteiger partial charge < -0.3 is 10.1 Å². The molecule has 1 aromatic heterocycles. The van der Waals surface area contributed by atoms with E-state index in [9.17, 15) is 4.79 Å². The van der Waals surface area contributed by atoms with Crippen LogP contribution in [0.1, 0.15) is 57.4 Å². The molecule has 1 N–H and O–H groups in total. The van der Waals surface area contributed by atoms with E-state index in [-0.39, 0.29) is 12.0 Å². The van der Waals surface area contributed by atoms with Gasteiger partial charge in [-0.25, -0.2) is 4.98 Å². The van der Waals surface area contributed by atoms with Crippen molar-refractivity contribution in [3.05, 3.63) is 23.9 Å². The van der Waals surface area contributed by atoms with Gasteiger partial charge in [0.05, 0.1) is 0 Å². The molecule has 0 aliphatic heterocycles. The molecule has 0 atom stereocenters. The number of aryl methyl sites for hydroxylation is 1. The number of ether oxygens (including phenoxy) is 1. The van der Waals surface area contributed by atoms with Crippen LogP contribution in [-0.4, -0.2) is 23.0 Å². The first-order valence-corrected chi connectivity index (χ1v) is 8.06. The van der Waals surface area contributed by atoms with E-state index >= 15 is 0 Å². The topological polar surface area (TPSA) is 51.2 Å². The molecule has 1 aromatic rings. The van der Waals surface area contributed by atoms with E-state index in [1.807, 2.05) is 25.3 Å². The van der Waals surface area contributed by atoms with Gasteiger partial charge in [-0.3, -0.25) is 4.79 Å². The summed E-state index contributed by atoms with van der Waals surface area (Å²) in [6.45, 7) is 4.12. The number of carbonyl (C=O) groups excluding carboxylic acids is 1. The Balaban J connectivity index is 1.70. The Bertz CT molecular complexity index is 437. The number of unbranched alkanes of at least 4 members (excludes halogenated alkanes) is 1. The number of hydrogen-bond acceptors (Lipinski definition) is 3. The largest absolute Gasteiger partial charge is 0.474 e. The maximum absolute atomic E-state index is 11.7. The molecule has 4 heteroatoms. The van der Waals surface area contributed by atoms with E-state index in [4.69, 9.17) is 4.74 Å². The first-order chi connectivity index (χ1) is 10.2. The Hall–Kier alpha value is -1.58. The quantitative estimate of drug-likeness (QED) is 0.873. The van der Waals surface area contributed by atoms with Gasteiger partial charge in [0.2, 0.25) is 11.8 Å². The normalized spacial score (nSPS) is 21.8. The summed E-state index contributed by atoms with van der Waals surface area (Å²) in [4.78, 5) is 16.0. The predicted molar refractivity (Wildman–Crippen MR) is 83.3 cm³/mol. The average molecular weight is 290 g/mol. The molecule has 21 heavy (non-hydrogen) atoms. The molecule has 0 saturated heterocycles. The number of carbonyl (C=O) groups is 1. The molecule has 0 spiro atoms. The van der Waals surface area contributed by atoms with Crippen molar-refractivity contribution in [3.63, 3.8) is 0 Å². The van der Waals surface area contributed by atoms with Gasteiger partial charge in [-0.05, 0) is 44.6 Å². The van der Waals surface area contributed by atoms with Crippen molar-refractivity contribution >= 4 is 5.91 Å². The Kier molecular flexibility index (Phi) is 6.03. The highest BCUT2D eigenvalue weighted by molar-refractivity contribution is 5.76. The summed E-state index contributed by atoms with van der Waals surface area (Å²) in [5.41, 5.74) is 1.14. The van der Waals surface area contributed by atoms with Crippen molar-refractivity contribution in [3.8, 4) is 5.88 Å². The molecule has 1 heterocycles. The molecule has 1 saturated carbocycles. The molecule has 4 nitrogen and oxygen atoms in total. The second-order valence-corrected chi connectivity index (χ2v) is 5.94. The molecular weight excluding hydrogens is 264 g/mol. The predicted octanol–water partition coefficient (Wildman–Crippen LogP) is 3.39. The number of nitrogens with zero attached hydrogens (tertiary/aromatic N) is 1. The van der Waals surface area contributed by atoms with Gasteiger partial charge in [0.1, 0.15) is 6.10 Å². The van der Waals surface area contributed by atoms with E-state index < -0.39 is 0 Å². The molecule has 1 amide bonds. The van der Waals surface area contributed by atoms with Crippen molar-refractivity contribution < 1.29 is 9.53 Å². The third-order valence-corrected chi connectivity index (χ3v) is 3.97. The van der Waals surface area contributed by atoms with Gasteiger partial charge in [0.25, 0.3) is 0 Å². The van der Waals surface area contributed by atoms with Crippen molar-refractivity contribution in [1.29, 1.82) is 0 Å². The lowest BCUT2D eigenvalue weighted by molar-refractivity contribution is -0.122. The second kappa shape index (κ2) is 8.01. The molecule has 1 aliphatic rings. The summed E-state index contributed by atoms with van der Waals surface area (Å²) in [6.07, 6.45) is 8.70. The highest BCUT2D eigenvalue weighted by Gasteiger charge is 2.23. The summed E-state index contributed by atoms with van der Waals surface area (Å²) in [5, 5.41) is 3.14. The minimum absolute atomic E-state index is 0.196. The maximum atomic E-state index is 11.7. The van der Waals surface area contributed by atoms with Crippen molar-refractivity contribution in [2.45, 2.75) is 70.9 Å². The van der Waals surface area contributed by atoms with Gasteiger partial charge >= 0.3 is 0 Å². The first kappa shape index (κ1) is 15.8. The fourth-order valence-electron chi connectivity index (χ4n) is 2.66. The van der Waals surface area contributed by atoms with E-state index in [1.165, 1.54) is 0 Å². The lowest BCUT2D eigenvalue weighted by atomic mass is 9.93. The summed E-state index contributed by atoms with van der Waals surface area (Å²) in [5.74, 6) is 0.900. The molecule has 0 unspecified atom stereocenters. The van der Waals surface area contributed by atoms with Crippen LogP contribution in [0.25, 0.3) is 0 Å². The Morgan fingerprint density at radius 3 is 2.71 bits per heavy atom. The zero-order chi connectivity index (χ0) is 15.1. The lowest BCUT2D eigenvalue weighted by Gasteiger charge is -2.29. The van der Waals surface area contributed by atoms with Gasteiger partial charge in [-0.1, -0.05) is 19.4 Å². The first-order valence-electron chi connectivity index (χ1n) is 8.06. The van der Waals surface area contributed by atoms with E-state index in [2.05, 4.69) is 17.2 Å². The molecule has 0 aromatic carbocycles. The zero-order valence-electron chi connectivity index (χ0n) is 13.1. The Morgan fingerprint density at radius 1 is 1.33 bits per heavy atom. The molecule has 1 fully saturated rings. The van der Waals surface area contributed by atoms with Crippen LogP contribution >= 0.6 is 0 Å². The molecule has 116 valence electrons. The van der Waals surface area contributed by atoms with Crippen molar-refractivity contribution in [2.75, 3.05) is 0 Å². The van der Waals surface area contributed by atoms with E-state index in [0.717, 1.165) is 44.1 Å². The van der Waals surface area contributed by atoms with Crippen LogP contribution in [0.5, 0.6) is 5.88 Å². The second-order valence-electron chi connectivity index (χ2n) is 5.94. The highest BCUT2D eigenvalue weighted by Crippen LogP contribution is 2.23. The van der Waals surface area contributed by atoms with Crippen molar-refractivity contribution in [2.24, 2.45) is 0 Å². The standard InChI is InChI=1S/C17H26N2O2/c1-3-4-5-16(20)19-14-7-9-15(10-8-14)21-17-11-6-13(2)12-18-17/h6,11-12,14-15H,3-5,7-10H2,1-2H3,(H,19,20). The molecule has 1 aliphatic carbocycles. The average Bonchev–Trinajstić information content (AvgIpc) is 2.49. The summed E-state index contributed by atoms with van der Waals surface area (Å²) >= 11 is 0. The van der Waals surface area contributed by atoms with Crippen LogP contribution in [0.4, 0.5) is 0 Å². The third-order valence-electron chi connectivity index (χ3n) is 3.97. The minimum atomic E-state index is 0.196. The fourth-order valence-corrected chi connectivity index (χ4v) is 2.66. The number of hydrogen-bond donors (Lipinski definition) is 1. The SMILES string of the molecule is CCCCC(=O)NC1CCC(Oc2ccc(C)cn2)CC1. The zero-order valence-corrected chi connectivity index (χ0v) is 13.1. The smallest absolute Gasteiger partial charge is 0.220 e. The van der Waals surface area contributed by atoms with Gasteiger partial charge in [0, 0.05) is 24.7 Å². The molecular formula is C17H26N2O2. The van der Waals surface area contributed by atoms with Crippen LogP contribution in [0, 0.1) is 6.92 Å². The van der Waals surface area contributed by atoms with Crippen LogP contribution in [0.3, 0.4) is 0 Å². The summed E-state index contributed by atoms with van der Waals surface area (Å²) in [7, 11) is 0. The van der Waals surface area contributed by atoms with Crippen LogP contribution < -0.4 is 10.1 Å². The lowest BCUT2D eigenvalue weighted by Crippen LogP contribution is -2.39. The van der Waals surface area contributed by atoms with E-state index in [0.29, 0.717) is 18.3 Å². The highest BCUT2D eigenvalue weighted by atomic mass is 16.5. The van der Waals surface area contributed by atoms with Gasteiger partial charge in [0.15, 0.2) is 0 Å². The number of pyridine rings is 1. The molecule has 0 bridgehead atoms. The number of aromatic nitrogens is 1. The summed E-state index contributed by atoms with van der Waals surface area (Å²) in [6, 6.07) is 4.26. The number of rotatable bonds is 6. The van der Waals surface area contributed by atoms with Crippen molar-refractivity contribution in [1.82, 2.24) is 10.3 Å². The van der Waals surface area contributed by atoms with E-state index in [1.54, 1.807) is 0 Å². The Morgan fingerprint density at radius 2 is 2.10 bits per heavy atom.